The first kappa shape index (κ1) is 10.0. The quantitative estimate of drug-likeness (QED) is 0.557. The summed E-state index contributed by atoms with van der Waals surface area (Å²) in [5.41, 5.74) is 0. The van der Waals surface area contributed by atoms with E-state index in [1.807, 2.05) is 6.61 Å². The van der Waals surface area contributed by atoms with E-state index in [-0.39, 0.29) is 0 Å². The van der Waals surface area contributed by atoms with Gasteiger partial charge in [0.25, 0.3) is 0 Å². The highest BCUT2D eigenvalue weighted by Crippen LogP contribution is 2.04. The van der Waals surface area contributed by atoms with Gasteiger partial charge in [-0.2, -0.15) is 0 Å². The average Bonchev–Trinajstić information content (AvgIpc) is 2.05. The van der Waals surface area contributed by atoms with E-state index in [2.05, 4.69) is 0 Å². The number of hydrogen-bond donors (Lipinski definition) is 0. The zero-order valence-electron chi connectivity index (χ0n) is 7.76. The molecule has 71 valence electrons. The monoisotopic (exact) mass is 171 g/mol. The smallest absolute Gasteiger partial charge is 0.0836 e. The predicted molar refractivity (Wildman–Crippen MR) is 48.8 cm³/mol. The van der Waals surface area contributed by atoms with Gasteiger partial charge in [-0.25, -0.2) is 0 Å². The van der Waals surface area contributed by atoms with Gasteiger partial charge in [0.1, 0.15) is 0 Å². The molecule has 0 aromatic heterocycles. The molecule has 0 amide bonds. The minimum Gasteiger partial charge on any atom is -0.381 e. The molecule has 1 radical (unpaired) electrons. The molecule has 1 aliphatic rings. The summed E-state index contributed by atoms with van der Waals surface area (Å²) in [6, 6.07) is 0. The van der Waals surface area contributed by atoms with Gasteiger partial charge in [0.2, 0.25) is 0 Å². The molecule has 0 aromatic carbocycles. The van der Waals surface area contributed by atoms with Gasteiger partial charge in [-0.3, -0.25) is 0 Å². The highest BCUT2D eigenvalue weighted by molar-refractivity contribution is 4.53. The van der Waals surface area contributed by atoms with Crippen LogP contribution in [0.5, 0.6) is 0 Å². The molecule has 1 fully saturated rings. The van der Waals surface area contributed by atoms with Gasteiger partial charge in [0, 0.05) is 19.8 Å². The third kappa shape index (κ3) is 5.56. The molecule has 1 aliphatic heterocycles. The van der Waals surface area contributed by atoms with Crippen molar-refractivity contribution in [3.05, 3.63) is 6.61 Å². The van der Waals surface area contributed by atoms with E-state index in [0.29, 0.717) is 0 Å². The Morgan fingerprint density at radius 2 is 1.50 bits per heavy atom. The Kier molecular flexibility index (Phi) is 6.30. The lowest BCUT2D eigenvalue weighted by atomic mass is 10.2. The first-order chi connectivity index (χ1) is 6.00. The van der Waals surface area contributed by atoms with Gasteiger partial charge in [-0.1, -0.05) is 0 Å². The zero-order valence-corrected chi connectivity index (χ0v) is 7.76. The first-order valence-electron chi connectivity index (χ1n) is 5.01. The molecule has 0 unspecified atom stereocenters. The molecule has 0 bridgehead atoms. The highest BCUT2D eigenvalue weighted by Gasteiger charge is 1.96. The molecule has 0 saturated carbocycles. The van der Waals surface area contributed by atoms with Crippen molar-refractivity contribution in [3.63, 3.8) is 0 Å². The molecule has 0 N–H and O–H groups in total. The summed E-state index contributed by atoms with van der Waals surface area (Å²) >= 11 is 0. The van der Waals surface area contributed by atoms with E-state index in [1.54, 1.807) is 0 Å². The average molecular weight is 171 g/mol. The number of rotatable bonds is 0. The van der Waals surface area contributed by atoms with E-state index in [1.165, 1.54) is 32.1 Å². The van der Waals surface area contributed by atoms with Gasteiger partial charge in [0.15, 0.2) is 0 Å². The fourth-order valence-electron chi connectivity index (χ4n) is 1.27. The van der Waals surface area contributed by atoms with Crippen molar-refractivity contribution in [2.24, 2.45) is 0 Å². The normalized spacial score (nSPS) is 24.0. The van der Waals surface area contributed by atoms with Crippen molar-refractivity contribution in [1.29, 1.82) is 0 Å². The van der Waals surface area contributed by atoms with Crippen LogP contribution in [-0.4, -0.2) is 19.8 Å². The Hall–Kier alpha value is -0.0800. The van der Waals surface area contributed by atoms with Crippen LogP contribution in [0.4, 0.5) is 0 Å². The van der Waals surface area contributed by atoms with Gasteiger partial charge in [-0.05, 0) is 38.5 Å². The van der Waals surface area contributed by atoms with Crippen LogP contribution in [0.2, 0.25) is 0 Å². The topological polar surface area (TPSA) is 18.5 Å². The van der Waals surface area contributed by atoms with E-state index in [0.717, 1.165) is 26.2 Å². The van der Waals surface area contributed by atoms with Crippen LogP contribution < -0.4 is 0 Å². The zero-order chi connectivity index (χ0) is 8.49. The van der Waals surface area contributed by atoms with Gasteiger partial charge in [-0.15, -0.1) is 0 Å². The minimum absolute atomic E-state index is 0.889. The maximum absolute atomic E-state index is 5.45. The van der Waals surface area contributed by atoms with E-state index < -0.39 is 0 Å². The lowest BCUT2D eigenvalue weighted by Crippen LogP contribution is -2.00. The summed E-state index contributed by atoms with van der Waals surface area (Å²) in [4.78, 5) is 0. The van der Waals surface area contributed by atoms with Crippen LogP contribution in [-0.2, 0) is 9.47 Å². The molecule has 0 aromatic rings. The lowest BCUT2D eigenvalue weighted by molar-refractivity contribution is 0.115. The number of ether oxygens (including phenoxy) is 2. The Labute approximate surface area is 75.2 Å². The molecular weight excluding hydrogens is 152 g/mol. The van der Waals surface area contributed by atoms with Crippen LogP contribution in [0, 0.1) is 6.61 Å². The molecule has 0 atom stereocenters. The van der Waals surface area contributed by atoms with Gasteiger partial charge in [0.05, 0.1) is 6.61 Å². The second-order valence-electron chi connectivity index (χ2n) is 3.21. The second-order valence-corrected chi connectivity index (χ2v) is 3.21. The van der Waals surface area contributed by atoms with Crippen molar-refractivity contribution in [3.8, 4) is 0 Å². The van der Waals surface area contributed by atoms with Crippen molar-refractivity contribution >= 4 is 0 Å². The van der Waals surface area contributed by atoms with Crippen molar-refractivity contribution in [2.75, 3.05) is 19.8 Å². The van der Waals surface area contributed by atoms with Gasteiger partial charge >= 0.3 is 0 Å². The predicted octanol–water partition coefficient (Wildman–Crippen LogP) is 2.54. The summed E-state index contributed by atoms with van der Waals surface area (Å²) in [6.07, 6.45) is 7.01. The molecule has 12 heavy (non-hydrogen) atoms. The summed E-state index contributed by atoms with van der Waals surface area (Å²) in [7, 11) is 0. The fourth-order valence-corrected chi connectivity index (χ4v) is 1.27. The van der Waals surface area contributed by atoms with Gasteiger partial charge < -0.3 is 9.47 Å². The highest BCUT2D eigenvalue weighted by atomic mass is 16.5. The molecule has 1 saturated heterocycles. The van der Waals surface area contributed by atoms with Crippen LogP contribution in [0.15, 0.2) is 0 Å². The van der Waals surface area contributed by atoms with Crippen molar-refractivity contribution in [2.45, 2.75) is 38.5 Å². The third-order valence-corrected chi connectivity index (χ3v) is 2.03. The maximum Gasteiger partial charge on any atom is 0.0836 e. The fraction of sp³-hybridized carbons (Fsp3) is 0.900. The molecule has 2 heteroatoms. The summed E-state index contributed by atoms with van der Waals surface area (Å²) < 4.78 is 10.8. The summed E-state index contributed by atoms with van der Waals surface area (Å²) in [5, 5.41) is 0. The van der Waals surface area contributed by atoms with Crippen molar-refractivity contribution < 1.29 is 9.47 Å². The van der Waals surface area contributed by atoms with Crippen LogP contribution in [0.25, 0.3) is 0 Å². The second kappa shape index (κ2) is 7.56. The largest absolute Gasteiger partial charge is 0.381 e. The number of hydrogen-bond acceptors (Lipinski definition) is 2. The SMILES string of the molecule is [CH]1CCCCOCCCCCO1. The third-order valence-electron chi connectivity index (χ3n) is 2.03. The minimum atomic E-state index is 0.889. The molecule has 2 nitrogen and oxygen atoms in total. The Morgan fingerprint density at radius 1 is 0.750 bits per heavy atom. The Balaban J connectivity index is 2.00. The van der Waals surface area contributed by atoms with Crippen LogP contribution in [0.3, 0.4) is 0 Å². The molecule has 1 heterocycles. The van der Waals surface area contributed by atoms with Crippen LogP contribution in [0.1, 0.15) is 38.5 Å². The molecule has 0 aliphatic carbocycles. The maximum atomic E-state index is 5.45. The summed E-state index contributed by atoms with van der Waals surface area (Å²) in [5.74, 6) is 0. The Morgan fingerprint density at radius 3 is 2.42 bits per heavy atom. The van der Waals surface area contributed by atoms with Crippen molar-refractivity contribution in [1.82, 2.24) is 0 Å². The summed E-state index contributed by atoms with van der Waals surface area (Å²) in [6.45, 7) is 4.69. The standard InChI is InChI=1S/C10H19O2/c1-3-7-11-9-5-2-6-10-12-8-4-1/h7H,1-6,8-10H2. The molecule has 1 rings (SSSR count). The van der Waals surface area contributed by atoms with E-state index >= 15 is 0 Å². The van der Waals surface area contributed by atoms with E-state index in [4.69, 9.17) is 9.47 Å². The molecule has 0 spiro atoms. The lowest BCUT2D eigenvalue weighted by Gasteiger charge is -2.07. The van der Waals surface area contributed by atoms with E-state index in [9.17, 15) is 0 Å². The van der Waals surface area contributed by atoms with Crippen LogP contribution >= 0.6 is 0 Å². The Bertz CT molecular complexity index is 50.8. The first-order valence-corrected chi connectivity index (χ1v) is 5.01. The molecular formula is C10H19O2.